The molecule has 0 aromatic heterocycles. The van der Waals surface area contributed by atoms with Gasteiger partial charge in [-0.15, -0.1) is 0 Å². The number of benzene rings is 2. The molecule has 30 heavy (non-hydrogen) atoms. The first-order valence-electron chi connectivity index (χ1n) is 10.4. The lowest BCUT2D eigenvalue weighted by Crippen LogP contribution is -2.22. The molecule has 0 atom stereocenters. The number of carbonyl (C=O) groups excluding carboxylic acids is 2. The van der Waals surface area contributed by atoms with Crippen LogP contribution in [0.4, 0.5) is 5.69 Å². The summed E-state index contributed by atoms with van der Waals surface area (Å²) in [7, 11) is 1.51. The first kappa shape index (κ1) is 23.3. The number of unbranched alkanes of at least 4 members (excludes halogenated alkanes) is 1. The van der Waals surface area contributed by atoms with E-state index in [1.54, 1.807) is 18.2 Å². The number of carbonyl (C=O) groups is 2. The van der Waals surface area contributed by atoms with Crippen LogP contribution in [0.15, 0.2) is 36.4 Å². The van der Waals surface area contributed by atoms with Crippen molar-refractivity contribution in [1.82, 2.24) is 0 Å². The fraction of sp³-hybridized carbons (Fsp3) is 0.417. The Bertz CT molecular complexity index is 840. The second-order valence-corrected chi connectivity index (χ2v) is 6.85. The molecule has 0 fully saturated rings. The molecule has 2 aromatic carbocycles. The number of ether oxygens (including phenoxy) is 3. The molecule has 0 bridgehead atoms. The summed E-state index contributed by atoms with van der Waals surface area (Å²) in [6.07, 6.45) is 3.56. The van der Waals surface area contributed by atoms with Crippen LogP contribution in [0.25, 0.3) is 0 Å². The average Bonchev–Trinajstić information content (AvgIpc) is 2.77. The van der Waals surface area contributed by atoms with Crippen molar-refractivity contribution in [2.24, 2.45) is 0 Å². The second-order valence-electron chi connectivity index (χ2n) is 6.85. The Labute approximate surface area is 178 Å². The van der Waals surface area contributed by atoms with E-state index < -0.39 is 5.97 Å². The summed E-state index contributed by atoms with van der Waals surface area (Å²) in [5.41, 5.74) is 3.21. The van der Waals surface area contributed by atoms with Gasteiger partial charge in [0.1, 0.15) is 0 Å². The molecule has 1 amide bonds. The van der Waals surface area contributed by atoms with E-state index in [1.807, 2.05) is 32.0 Å². The van der Waals surface area contributed by atoms with Crippen LogP contribution >= 0.6 is 0 Å². The third-order valence-electron chi connectivity index (χ3n) is 4.75. The average molecular weight is 414 g/mol. The SMILES string of the molecule is CCCCOc1ccc(C(=O)OCC(=O)Nc2c(CC)cccc2CC)cc1OC. The van der Waals surface area contributed by atoms with Crippen LogP contribution in [0, 0.1) is 0 Å². The van der Waals surface area contributed by atoms with Crippen LogP contribution < -0.4 is 14.8 Å². The molecular weight excluding hydrogens is 382 g/mol. The molecular formula is C24H31NO5. The van der Waals surface area contributed by atoms with Crippen molar-refractivity contribution < 1.29 is 23.8 Å². The maximum Gasteiger partial charge on any atom is 0.338 e. The monoisotopic (exact) mass is 413 g/mol. The number of esters is 1. The summed E-state index contributed by atoms with van der Waals surface area (Å²) < 4.78 is 16.2. The largest absolute Gasteiger partial charge is 0.493 e. The van der Waals surface area contributed by atoms with Gasteiger partial charge in [-0.1, -0.05) is 45.4 Å². The fourth-order valence-electron chi connectivity index (χ4n) is 3.03. The number of anilines is 1. The fourth-order valence-corrected chi connectivity index (χ4v) is 3.03. The molecule has 0 heterocycles. The molecule has 0 spiro atoms. The molecule has 2 rings (SSSR count). The number of para-hydroxylation sites is 1. The summed E-state index contributed by atoms with van der Waals surface area (Å²) in [6, 6.07) is 10.8. The van der Waals surface area contributed by atoms with Crippen molar-refractivity contribution in [1.29, 1.82) is 0 Å². The number of amides is 1. The zero-order valence-corrected chi connectivity index (χ0v) is 18.2. The number of hydrogen-bond acceptors (Lipinski definition) is 5. The van der Waals surface area contributed by atoms with Crippen LogP contribution in [-0.4, -0.2) is 32.2 Å². The van der Waals surface area contributed by atoms with E-state index in [9.17, 15) is 9.59 Å². The van der Waals surface area contributed by atoms with Gasteiger partial charge < -0.3 is 19.5 Å². The molecule has 0 radical (unpaired) electrons. The van der Waals surface area contributed by atoms with Crippen molar-refractivity contribution in [2.45, 2.75) is 46.5 Å². The van der Waals surface area contributed by atoms with Gasteiger partial charge in [-0.3, -0.25) is 4.79 Å². The van der Waals surface area contributed by atoms with Gasteiger partial charge in [0.15, 0.2) is 18.1 Å². The normalized spacial score (nSPS) is 10.4. The van der Waals surface area contributed by atoms with Crippen molar-refractivity contribution in [3.05, 3.63) is 53.1 Å². The van der Waals surface area contributed by atoms with Gasteiger partial charge in [-0.25, -0.2) is 4.79 Å². The van der Waals surface area contributed by atoms with Crippen LogP contribution in [0.1, 0.15) is 55.1 Å². The van der Waals surface area contributed by atoms with E-state index >= 15 is 0 Å². The lowest BCUT2D eigenvalue weighted by atomic mass is 10.0. The summed E-state index contributed by atoms with van der Waals surface area (Å²) in [4.78, 5) is 24.8. The third kappa shape index (κ3) is 6.24. The van der Waals surface area contributed by atoms with Crippen molar-refractivity contribution in [3.8, 4) is 11.5 Å². The molecule has 0 aliphatic rings. The number of nitrogens with one attached hydrogen (secondary N) is 1. The summed E-state index contributed by atoms with van der Waals surface area (Å²) in [6.45, 7) is 6.37. The van der Waals surface area contributed by atoms with Gasteiger partial charge >= 0.3 is 5.97 Å². The maximum atomic E-state index is 12.4. The van der Waals surface area contributed by atoms with E-state index in [1.165, 1.54) is 7.11 Å². The highest BCUT2D eigenvalue weighted by Crippen LogP contribution is 2.28. The lowest BCUT2D eigenvalue weighted by Gasteiger charge is -2.15. The van der Waals surface area contributed by atoms with Crippen molar-refractivity contribution >= 4 is 17.6 Å². The van der Waals surface area contributed by atoms with Gasteiger partial charge in [0.05, 0.1) is 19.3 Å². The molecule has 0 aliphatic heterocycles. The zero-order valence-electron chi connectivity index (χ0n) is 18.2. The molecule has 0 saturated heterocycles. The standard InChI is InChI=1S/C24H31NO5/c1-5-8-14-29-20-13-12-19(15-21(20)28-4)24(27)30-16-22(26)25-23-17(6-2)10-9-11-18(23)7-3/h9-13,15H,5-8,14,16H2,1-4H3,(H,25,26). The van der Waals surface area contributed by atoms with E-state index in [2.05, 4.69) is 12.2 Å². The smallest absolute Gasteiger partial charge is 0.338 e. The Hall–Kier alpha value is -3.02. The molecule has 0 aliphatic carbocycles. The minimum Gasteiger partial charge on any atom is -0.493 e. The van der Waals surface area contributed by atoms with Crippen molar-refractivity contribution in [3.63, 3.8) is 0 Å². The minimum atomic E-state index is -0.594. The van der Waals surface area contributed by atoms with Crippen LogP contribution in [0.5, 0.6) is 11.5 Å². The molecule has 0 unspecified atom stereocenters. The minimum absolute atomic E-state index is 0.297. The highest BCUT2D eigenvalue weighted by molar-refractivity contribution is 5.96. The maximum absolute atomic E-state index is 12.4. The van der Waals surface area contributed by atoms with Crippen LogP contribution in [-0.2, 0) is 22.4 Å². The Morgan fingerprint density at radius 3 is 2.27 bits per heavy atom. The molecule has 6 heteroatoms. The summed E-state index contributed by atoms with van der Waals surface area (Å²) in [5, 5.41) is 2.89. The van der Waals surface area contributed by atoms with Gasteiger partial charge in [-0.05, 0) is 48.6 Å². The highest BCUT2D eigenvalue weighted by atomic mass is 16.5. The van der Waals surface area contributed by atoms with Gasteiger partial charge in [0.2, 0.25) is 0 Å². The zero-order chi connectivity index (χ0) is 21.9. The molecule has 162 valence electrons. The Morgan fingerprint density at radius 2 is 1.67 bits per heavy atom. The summed E-state index contributed by atoms with van der Waals surface area (Å²) in [5.74, 6) is 0.0615. The molecule has 1 N–H and O–H groups in total. The Kier molecular flexibility index (Phi) is 9.19. The number of rotatable bonds is 11. The molecule has 6 nitrogen and oxygen atoms in total. The van der Waals surface area contributed by atoms with E-state index in [-0.39, 0.29) is 12.5 Å². The molecule has 0 saturated carbocycles. The molecule has 2 aromatic rings. The first-order valence-corrected chi connectivity index (χ1v) is 10.4. The predicted octanol–water partition coefficient (Wildman–Crippen LogP) is 4.79. The Morgan fingerprint density at radius 1 is 0.967 bits per heavy atom. The second kappa shape index (κ2) is 11.9. The lowest BCUT2D eigenvalue weighted by molar-refractivity contribution is -0.119. The third-order valence-corrected chi connectivity index (χ3v) is 4.75. The van der Waals surface area contributed by atoms with Crippen LogP contribution in [0.3, 0.4) is 0 Å². The predicted molar refractivity (Wildman–Crippen MR) is 118 cm³/mol. The first-order chi connectivity index (χ1) is 14.5. The van der Waals surface area contributed by atoms with Crippen LogP contribution in [0.2, 0.25) is 0 Å². The van der Waals surface area contributed by atoms with E-state index in [4.69, 9.17) is 14.2 Å². The van der Waals surface area contributed by atoms with Gasteiger partial charge in [0, 0.05) is 5.69 Å². The van der Waals surface area contributed by atoms with Gasteiger partial charge in [0.25, 0.3) is 5.91 Å². The number of aryl methyl sites for hydroxylation is 2. The van der Waals surface area contributed by atoms with E-state index in [0.717, 1.165) is 42.5 Å². The van der Waals surface area contributed by atoms with E-state index in [0.29, 0.717) is 23.7 Å². The number of hydrogen-bond donors (Lipinski definition) is 1. The summed E-state index contributed by atoms with van der Waals surface area (Å²) >= 11 is 0. The quantitative estimate of drug-likeness (QED) is 0.423. The van der Waals surface area contributed by atoms with Crippen molar-refractivity contribution in [2.75, 3.05) is 25.6 Å². The number of methoxy groups -OCH3 is 1. The van der Waals surface area contributed by atoms with Gasteiger partial charge in [-0.2, -0.15) is 0 Å². The topological polar surface area (TPSA) is 73.9 Å². The Balaban J connectivity index is 1.99. The highest BCUT2D eigenvalue weighted by Gasteiger charge is 2.15.